The second-order valence-corrected chi connectivity index (χ2v) is 9.54. The molecular formula is C27H32N2O5. The van der Waals surface area contributed by atoms with Crippen LogP contribution in [0.1, 0.15) is 56.6 Å². The molecule has 34 heavy (non-hydrogen) atoms. The Morgan fingerprint density at radius 1 is 1.12 bits per heavy atom. The molecule has 7 nitrogen and oxygen atoms in total. The average molecular weight is 465 g/mol. The van der Waals surface area contributed by atoms with Crippen LogP contribution in [0.3, 0.4) is 0 Å². The molecule has 1 aliphatic heterocycles. The van der Waals surface area contributed by atoms with Gasteiger partial charge in [0, 0.05) is 19.0 Å². The van der Waals surface area contributed by atoms with E-state index in [0.717, 1.165) is 22.3 Å². The van der Waals surface area contributed by atoms with Gasteiger partial charge in [0.25, 0.3) is 0 Å². The molecule has 1 fully saturated rings. The van der Waals surface area contributed by atoms with Gasteiger partial charge in [0.05, 0.1) is 5.41 Å². The molecule has 0 radical (unpaired) electrons. The number of nitrogens with zero attached hydrogens (tertiary/aromatic N) is 1. The van der Waals surface area contributed by atoms with Gasteiger partial charge in [-0.25, -0.2) is 4.79 Å². The zero-order valence-corrected chi connectivity index (χ0v) is 19.8. The molecule has 1 saturated heterocycles. The second kappa shape index (κ2) is 9.87. The number of aliphatic carboxylic acids is 1. The Morgan fingerprint density at radius 2 is 1.74 bits per heavy atom. The fraction of sp³-hybridized carbons (Fsp3) is 0.444. The van der Waals surface area contributed by atoms with Crippen LogP contribution >= 0.6 is 0 Å². The molecule has 0 saturated carbocycles. The van der Waals surface area contributed by atoms with Crippen molar-refractivity contribution in [3.05, 3.63) is 59.7 Å². The van der Waals surface area contributed by atoms with E-state index in [4.69, 9.17) is 4.74 Å². The molecule has 4 rings (SSSR count). The van der Waals surface area contributed by atoms with E-state index < -0.39 is 23.5 Å². The van der Waals surface area contributed by atoms with Gasteiger partial charge >= 0.3 is 12.1 Å². The maximum Gasteiger partial charge on any atom is 0.407 e. The highest BCUT2D eigenvalue weighted by Gasteiger charge is 2.41. The van der Waals surface area contributed by atoms with Crippen LogP contribution in [0.25, 0.3) is 11.1 Å². The number of amides is 2. The molecule has 2 amide bonds. The van der Waals surface area contributed by atoms with E-state index in [1.807, 2.05) is 31.2 Å². The molecule has 2 aromatic carbocycles. The topological polar surface area (TPSA) is 95.9 Å². The van der Waals surface area contributed by atoms with Crippen LogP contribution in [0, 0.1) is 5.41 Å². The lowest BCUT2D eigenvalue weighted by atomic mass is 9.82. The Morgan fingerprint density at radius 3 is 2.32 bits per heavy atom. The normalized spacial score (nSPS) is 20.2. The van der Waals surface area contributed by atoms with Gasteiger partial charge in [0.2, 0.25) is 5.91 Å². The highest BCUT2D eigenvalue weighted by atomic mass is 16.5. The second-order valence-electron chi connectivity index (χ2n) is 9.54. The number of carbonyl (C=O) groups is 3. The standard InChI is InChI=1S/C27H32N2O5/c1-3-9-23(24(30)29-15-8-14-27(2,17-29)25(31)32)28-26(33)34-16-22-20-12-6-4-10-18(20)19-11-5-7-13-21(19)22/h4-7,10-13,22-23H,3,8-9,14-17H2,1-2H3,(H,28,33)(H,31,32)/t23-,27?/m1/s1. The SMILES string of the molecule is CCC[C@@H](NC(=O)OCC1c2ccccc2-c2ccccc21)C(=O)N1CCCC(C)(C(=O)O)C1. The minimum absolute atomic E-state index is 0.0585. The molecule has 180 valence electrons. The van der Waals surface area contributed by atoms with E-state index in [1.54, 1.807) is 11.8 Å². The highest BCUT2D eigenvalue weighted by Crippen LogP contribution is 2.44. The van der Waals surface area contributed by atoms with Crippen molar-refractivity contribution >= 4 is 18.0 Å². The first kappa shape index (κ1) is 23.8. The van der Waals surface area contributed by atoms with Gasteiger partial charge in [-0.05, 0) is 48.4 Å². The van der Waals surface area contributed by atoms with E-state index in [2.05, 4.69) is 29.6 Å². The van der Waals surface area contributed by atoms with Crippen LogP contribution in [-0.4, -0.2) is 53.7 Å². The van der Waals surface area contributed by atoms with Crippen LogP contribution in [0.15, 0.2) is 48.5 Å². The third-order valence-corrected chi connectivity index (χ3v) is 7.04. The summed E-state index contributed by atoms with van der Waals surface area (Å²) in [4.78, 5) is 39.2. The number of carboxylic acid groups (broad SMARTS) is 1. The van der Waals surface area contributed by atoms with Crippen molar-refractivity contribution in [2.75, 3.05) is 19.7 Å². The summed E-state index contributed by atoms with van der Waals surface area (Å²) in [5, 5.41) is 12.3. The summed E-state index contributed by atoms with van der Waals surface area (Å²) in [7, 11) is 0. The van der Waals surface area contributed by atoms with Crippen molar-refractivity contribution < 1.29 is 24.2 Å². The minimum Gasteiger partial charge on any atom is -0.481 e. The predicted octanol–water partition coefficient (Wildman–Crippen LogP) is 4.41. The quantitative estimate of drug-likeness (QED) is 0.633. The average Bonchev–Trinajstić information content (AvgIpc) is 3.16. The van der Waals surface area contributed by atoms with Gasteiger partial charge in [-0.15, -0.1) is 0 Å². The summed E-state index contributed by atoms with van der Waals surface area (Å²) in [5.41, 5.74) is 3.59. The summed E-state index contributed by atoms with van der Waals surface area (Å²) in [6, 6.07) is 15.5. The monoisotopic (exact) mass is 464 g/mol. The fourth-order valence-electron chi connectivity index (χ4n) is 5.15. The zero-order valence-electron chi connectivity index (χ0n) is 19.8. The van der Waals surface area contributed by atoms with Crippen molar-refractivity contribution in [3.8, 4) is 11.1 Å². The van der Waals surface area contributed by atoms with Crippen LogP contribution < -0.4 is 5.32 Å². The molecule has 1 heterocycles. The molecule has 2 aromatic rings. The molecule has 2 N–H and O–H groups in total. The van der Waals surface area contributed by atoms with Gasteiger partial charge in [-0.3, -0.25) is 9.59 Å². The molecular weight excluding hydrogens is 432 g/mol. The first-order valence-corrected chi connectivity index (χ1v) is 12.0. The first-order chi connectivity index (χ1) is 16.3. The molecule has 0 spiro atoms. The number of rotatable bonds is 7. The largest absolute Gasteiger partial charge is 0.481 e. The van der Waals surface area contributed by atoms with Crippen molar-refractivity contribution in [3.63, 3.8) is 0 Å². The molecule has 1 aliphatic carbocycles. The van der Waals surface area contributed by atoms with E-state index in [9.17, 15) is 19.5 Å². The van der Waals surface area contributed by atoms with E-state index in [1.165, 1.54) is 0 Å². The molecule has 2 atom stereocenters. The smallest absolute Gasteiger partial charge is 0.407 e. The van der Waals surface area contributed by atoms with Crippen molar-refractivity contribution in [1.82, 2.24) is 10.2 Å². The molecule has 7 heteroatoms. The Labute approximate surface area is 200 Å². The number of piperidine rings is 1. The Kier molecular flexibility index (Phi) is 6.91. The third kappa shape index (κ3) is 4.65. The zero-order chi connectivity index (χ0) is 24.3. The summed E-state index contributed by atoms with van der Waals surface area (Å²) in [6.07, 6.45) is 1.68. The fourth-order valence-corrected chi connectivity index (χ4v) is 5.15. The van der Waals surface area contributed by atoms with Crippen LogP contribution in [0.4, 0.5) is 4.79 Å². The lowest BCUT2D eigenvalue weighted by Crippen LogP contribution is -2.54. The first-order valence-electron chi connectivity index (χ1n) is 12.0. The number of benzene rings is 2. The molecule has 0 bridgehead atoms. The number of hydrogen-bond donors (Lipinski definition) is 2. The number of alkyl carbamates (subject to hydrolysis) is 1. The van der Waals surface area contributed by atoms with Gasteiger partial charge in [0.15, 0.2) is 0 Å². The van der Waals surface area contributed by atoms with Crippen molar-refractivity contribution in [2.45, 2.75) is 51.5 Å². The van der Waals surface area contributed by atoms with Crippen LogP contribution in [-0.2, 0) is 14.3 Å². The van der Waals surface area contributed by atoms with Crippen LogP contribution in [0.2, 0.25) is 0 Å². The minimum atomic E-state index is -0.964. The summed E-state index contributed by atoms with van der Waals surface area (Å²) >= 11 is 0. The molecule has 2 aliphatic rings. The Bertz CT molecular complexity index is 1040. The lowest BCUT2D eigenvalue weighted by Gasteiger charge is -2.39. The number of carbonyl (C=O) groups excluding carboxylic acids is 2. The van der Waals surface area contributed by atoms with E-state index in [0.29, 0.717) is 32.2 Å². The number of fused-ring (bicyclic) bond motifs is 3. The van der Waals surface area contributed by atoms with Crippen molar-refractivity contribution in [2.24, 2.45) is 5.41 Å². The number of nitrogens with one attached hydrogen (secondary N) is 1. The third-order valence-electron chi connectivity index (χ3n) is 7.04. The lowest BCUT2D eigenvalue weighted by molar-refractivity contribution is -0.154. The van der Waals surface area contributed by atoms with Crippen molar-refractivity contribution in [1.29, 1.82) is 0 Å². The number of likely N-dealkylation sites (tertiary alicyclic amines) is 1. The highest BCUT2D eigenvalue weighted by molar-refractivity contribution is 5.87. The predicted molar refractivity (Wildman–Crippen MR) is 128 cm³/mol. The Hall–Kier alpha value is -3.35. The van der Waals surface area contributed by atoms with Gasteiger partial charge < -0.3 is 20.1 Å². The molecule has 1 unspecified atom stereocenters. The summed E-state index contributed by atoms with van der Waals surface area (Å²) in [6.45, 7) is 4.43. The van der Waals surface area contributed by atoms with Crippen LogP contribution in [0.5, 0.6) is 0 Å². The molecule has 0 aromatic heterocycles. The van der Waals surface area contributed by atoms with Gasteiger partial charge in [-0.2, -0.15) is 0 Å². The summed E-state index contributed by atoms with van der Waals surface area (Å²) < 4.78 is 5.62. The maximum absolute atomic E-state index is 13.2. The maximum atomic E-state index is 13.2. The number of hydrogen-bond acceptors (Lipinski definition) is 4. The summed E-state index contributed by atoms with van der Waals surface area (Å²) in [5.74, 6) is -1.21. The number of ether oxygens (including phenoxy) is 1. The Balaban J connectivity index is 1.41. The van der Waals surface area contributed by atoms with Gasteiger partial charge in [0.1, 0.15) is 12.6 Å². The van der Waals surface area contributed by atoms with E-state index >= 15 is 0 Å². The number of carboxylic acids is 1. The van der Waals surface area contributed by atoms with E-state index in [-0.39, 0.29) is 25.0 Å². The van der Waals surface area contributed by atoms with Gasteiger partial charge in [-0.1, -0.05) is 61.9 Å².